The van der Waals surface area contributed by atoms with Crippen molar-refractivity contribution in [1.29, 1.82) is 0 Å². The van der Waals surface area contributed by atoms with E-state index in [1.165, 1.54) is 0 Å². The average molecular weight is 285 g/mol. The quantitative estimate of drug-likeness (QED) is 0.638. The number of hydrogen-bond donors (Lipinski definition) is 1. The fourth-order valence-corrected chi connectivity index (χ4v) is 5.34. The number of carbonyl (C=O) groups is 2. The highest BCUT2D eigenvalue weighted by molar-refractivity contribution is 6.80. The third kappa shape index (κ3) is 2.22. The van der Waals surface area contributed by atoms with Crippen molar-refractivity contribution in [1.82, 2.24) is 4.57 Å². The molecule has 0 saturated carbocycles. The Balaban J connectivity index is 3.18. The van der Waals surface area contributed by atoms with Gasteiger partial charge >= 0.3 is 5.97 Å². The third-order valence-electron chi connectivity index (χ3n) is 5.01. The fraction of sp³-hybridized carbons (Fsp3) is 0.857. The van der Waals surface area contributed by atoms with Gasteiger partial charge in [-0.1, -0.05) is 47.2 Å². The molecule has 1 rings (SSSR count). The number of hydrogen-bond acceptors (Lipinski definition) is 2. The average Bonchev–Trinajstić information content (AvgIpc) is 2.22. The summed E-state index contributed by atoms with van der Waals surface area (Å²) in [6.45, 7) is 14.3. The summed E-state index contributed by atoms with van der Waals surface area (Å²) in [5.41, 5.74) is -0.712. The third-order valence-corrected chi connectivity index (χ3v) is 10.3. The molecule has 0 aromatic carbocycles. The van der Waals surface area contributed by atoms with Crippen LogP contribution in [-0.2, 0) is 9.59 Å². The Hall–Kier alpha value is -0.843. The standard InChI is InChI=1S/C14H27NO3Si/c1-8-9-14(5)10(11(16)17)15(12(14)18)19(6,7)13(2,3)4/h10H,8-9H2,1-7H3,(H,16,17)/t10-,14-/m1/s1. The Morgan fingerprint density at radius 3 is 2.21 bits per heavy atom. The van der Waals surface area contributed by atoms with Crippen molar-refractivity contribution < 1.29 is 14.7 Å². The molecule has 0 spiro atoms. The predicted octanol–water partition coefficient (Wildman–Crippen LogP) is 3.09. The van der Waals surface area contributed by atoms with E-state index < -0.39 is 25.7 Å². The van der Waals surface area contributed by atoms with Gasteiger partial charge in [-0.25, -0.2) is 4.79 Å². The second-order valence-electron chi connectivity index (χ2n) is 7.39. The lowest BCUT2D eigenvalue weighted by molar-refractivity contribution is -0.175. The Kier molecular flexibility index (Phi) is 3.94. The van der Waals surface area contributed by atoms with Crippen LogP contribution >= 0.6 is 0 Å². The Labute approximate surface area is 117 Å². The number of rotatable bonds is 4. The van der Waals surface area contributed by atoms with E-state index in [9.17, 15) is 14.7 Å². The van der Waals surface area contributed by atoms with Crippen molar-refractivity contribution in [3.8, 4) is 0 Å². The Morgan fingerprint density at radius 2 is 1.89 bits per heavy atom. The van der Waals surface area contributed by atoms with Crippen LogP contribution in [0.5, 0.6) is 0 Å². The van der Waals surface area contributed by atoms with Gasteiger partial charge in [0.2, 0.25) is 5.91 Å². The Bertz CT molecular complexity index is 400. The molecule has 0 aromatic heterocycles. The predicted molar refractivity (Wildman–Crippen MR) is 78.5 cm³/mol. The zero-order valence-corrected chi connectivity index (χ0v) is 14.2. The van der Waals surface area contributed by atoms with Crippen LogP contribution in [-0.4, -0.2) is 35.8 Å². The van der Waals surface area contributed by atoms with Gasteiger partial charge in [0, 0.05) is 0 Å². The molecule has 0 aliphatic carbocycles. The molecule has 1 N–H and O–H groups in total. The van der Waals surface area contributed by atoms with Crippen LogP contribution in [0.2, 0.25) is 18.1 Å². The maximum Gasteiger partial charge on any atom is 0.326 e. The van der Waals surface area contributed by atoms with Crippen LogP contribution in [0.25, 0.3) is 0 Å². The van der Waals surface area contributed by atoms with Crippen molar-refractivity contribution in [2.45, 2.75) is 71.6 Å². The van der Waals surface area contributed by atoms with Gasteiger partial charge < -0.3 is 9.67 Å². The topological polar surface area (TPSA) is 57.6 Å². The van der Waals surface area contributed by atoms with Gasteiger partial charge in [-0.05, 0) is 18.4 Å². The minimum Gasteiger partial charge on any atom is -0.480 e. The van der Waals surface area contributed by atoms with E-state index in [0.717, 1.165) is 6.42 Å². The summed E-state index contributed by atoms with van der Waals surface area (Å²) in [5, 5.41) is 9.50. The summed E-state index contributed by atoms with van der Waals surface area (Å²) >= 11 is 0. The first kappa shape index (κ1) is 16.2. The van der Waals surface area contributed by atoms with Gasteiger partial charge in [-0.3, -0.25) is 4.79 Å². The SMILES string of the molecule is CCC[C@@]1(C)C(=O)N([Si](C)(C)C(C)(C)C)[C@@H]1C(=O)O. The van der Waals surface area contributed by atoms with Crippen molar-refractivity contribution in [3.05, 3.63) is 0 Å². The first-order chi connectivity index (χ1) is 8.41. The minimum atomic E-state index is -2.13. The lowest BCUT2D eigenvalue weighted by atomic mass is 9.71. The van der Waals surface area contributed by atoms with Crippen LogP contribution in [0.1, 0.15) is 47.5 Å². The fourth-order valence-electron chi connectivity index (χ4n) is 2.81. The maximum atomic E-state index is 12.6. The van der Waals surface area contributed by atoms with Crippen LogP contribution in [0.15, 0.2) is 0 Å². The second-order valence-corrected chi connectivity index (χ2v) is 12.5. The highest BCUT2D eigenvalue weighted by atomic mass is 28.3. The largest absolute Gasteiger partial charge is 0.480 e. The molecule has 0 bridgehead atoms. The smallest absolute Gasteiger partial charge is 0.326 e. The van der Waals surface area contributed by atoms with Gasteiger partial charge in [0.25, 0.3) is 0 Å². The van der Waals surface area contributed by atoms with E-state index in [1.54, 1.807) is 11.5 Å². The molecule has 1 aliphatic rings. The van der Waals surface area contributed by atoms with Crippen molar-refractivity contribution in [2.24, 2.45) is 5.41 Å². The van der Waals surface area contributed by atoms with Gasteiger partial charge in [-0.2, -0.15) is 0 Å². The number of nitrogens with zero attached hydrogens (tertiary/aromatic N) is 1. The highest BCUT2D eigenvalue weighted by Crippen LogP contribution is 2.51. The van der Waals surface area contributed by atoms with E-state index in [4.69, 9.17) is 0 Å². The molecule has 4 nitrogen and oxygen atoms in total. The van der Waals surface area contributed by atoms with Gasteiger partial charge in [0.05, 0.1) is 5.41 Å². The molecule has 2 atom stereocenters. The molecule has 1 saturated heterocycles. The van der Waals surface area contributed by atoms with E-state index in [-0.39, 0.29) is 10.9 Å². The molecule has 1 heterocycles. The number of aliphatic carboxylic acids is 1. The summed E-state index contributed by atoms with van der Waals surface area (Å²) in [5.74, 6) is -0.825. The van der Waals surface area contributed by atoms with Crippen molar-refractivity contribution >= 4 is 20.1 Å². The van der Waals surface area contributed by atoms with Gasteiger partial charge in [0.15, 0.2) is 8.24 Å². The van der Waals surface area contributed by atoms with Crippen LogP contribution in [0, 0.1) is 5.41 Å². The zero-order valence-electron chi connectivity index (χ0n) is 13.2. The number of β-lactam (4-membered cyclic amide) rings is 1. The zero-order chi connectivity index (χ0) is 15.2. The number of carbonyl (C=O) groups excluding carboxylic acids is 1. The molecule has 19 heavy (non-hydrogen) atoms. The monoisotopic (exact) mass is 285 g/mol. The summed E-state index contributed by atoms with van der Waals surface area (Å²) in [4.78, 5) is 24.2. The van der Waals surface area contributed by atoms with Crippen LogP contribution in [0.4, 0.5) is 0 Å². The molecule has 1 fully saturated rings. The molecule has 1 amide bonds. The normalized spacial score (nSPS) is 28.3. The lowest BCUT2D eigenvalue weighted by Crippen LogP contribution is -2.78. The molecule has 0 unspecified atom stereocenters. The van der Waals surface area contributed by atoms with E-state index in [2.05, 4.69) is 33.9 Å². The molecule has 1 aliphatic heterocycles. The Morgan fingerprint density at radius 1 is 1.42 bits per heavy atom. The lowest BCUT2D eigenvalue weighted by Gasteiger charge is -2.61. The minimum absolute atomic E-state index is 0.0355. The first-order valence-corrected chi connectivity index (χ1v) is 9.92. The summed E-state index contributed by atoms with van der Waals surface area (Å²) in [6.07, 6.45) is 1.48. The van der Waals surface area contributed by atoms with E-state index in [0.29, 0.717) is 6.42 Å². The summed E-state index contributed by atoms with van der Waals surface area (Å²) in [6, 6.07) is -0.652. The van der Waals surface area contributed by atoms with Crippen molar-refractivity contribution in [3.63, 3.8) is 0 Å². The van der Waals surface area contributed by atoms with Gasteiger partial charge in [-0.15, -0.1) is 0 Å². The number of carboxylic acid groups (broad SMARTS) is 1. The summed E-state index contributed by atoms with van der Waals surface area (Å²) in [7, 11) is -2.13. The van der Waals surface area contributed by atoms with Crippen molar-refractivity contribution in [2.75, 3.05) is 0 Å². The van der Waals surface area contributed by atoms with Gasteiger partial charge in [0.1, 0.15) is 6.04 Å². The van der Waals surface area contributed by atoms with E-state index in [1.807, 2.05) is 6.92 Å². The van der Waals surface area contributed by atoms with Crippen LogP contribution in [0.3, 0.4) is 0 Å². The van der Waals surface area contributed by atoms with Crippen LogP contribution < -0.4 is 0 Å². The molecule has 110 valence electrons. The second kappa shape index (κ2) is 4.61. The number of carboxylic acids is 1. The molecular formula is C14H27NO3Si. The number of amides is 1. The molecule has 0 radical (unpaired) electrons. The molecular weight excluding hydrogens is 258 g/mol. The summed E-state index contributed by atoms with van der Waals surface area (Å²) < 4.78 is 1.71. The highest BCUT2D eigenvalue weighted by Gasteiger charge is 2.65. The maximum absolute atomic E-state index is 12.6. The molecule has 0 aromatic rings. The first-order valence-electron chi connectivity index (χ1n) is 6.98. The van der Waals surface area contributed by atoms with E-state index >= 15 is 0 Å². The molecule has 5 heteroatoms.